The molecule has 8 heteroatoms. The summed E-state index contributed by atoms with van der Waals surface area (Å²) in [4.78, 5) is 12.6. The number of halogens is 3. The molecule has 1 amide bonds. The Labute approximate surface area is 162 Å². The first-order valence-electron chi connectivity index (χ1n) is 7.29. The lowest BCUT2D eigenvalue weighted by Gasteiger charge is -2.34. The molecule has 0 bridgehead atoms. The average Bonchev–Trinajstić information content (AvgIpc) is 2.46. The summed E-state index contributed by atoms with van der Waals surface area (Å²) in [6.07, 6.45) is 5.30. The van der Waals surface area contributed by atoms with Crippen molar-refractivity contribution in [2.24, 2.45) is 0 Å². The molecular formula is C15H18Br3NO3S. The Morgan fingerprint density at radius 2 is 1.78 bits per heavy atom. The van der Waals surface area contributed by atoms with Gasteiger partial charge in [-0.2, -0.15) is 0 Å². The summed E-state index contributed by atoms with van der Waals surface area (Å²) >= 11 is 9.09. The number of rotatable bonds is 3. The number of amides is 1. The fourth-order valence-corrected chi connectivity index (χ4v) is 5.23. The number of hydrogen-bond donors (Lipinski definition) is 1. The number of carbonyl (C=O) groups excluding carboxylic acids is 1. The molecule has 0 heterocycles. The summed E-state index contributed by atoms with van der Waals surface area (Å²) in [7, 11) is -3.71. The quantitative estimate of drug-likeness (QED) is 0.575. The molecule has 0 saturated heterocycles. The Kier molecular flexibility index (Phi) is 6.02. The second kappa shape index (κ2) is 7.14. The van der Waals surface area contributed by atoms with E-state index in [-0.39, 0.29) is 16.3 Å². The highest BCUT2D eigenvalue weighted by Crippen LogP contribution is 2.43. The minimum Gasteiger partial charge on any atom is -0.347 e. The number of hydrogen-bond acceptors (Lipinski definition) is 3. The molecule has 23 heavy (non-hydrogen) atoms. The fourth-order valence-electron chi connectivity index (χ4n) is 2.74. The van der Waals surface area contributed by atoms with Crippen molar-refractivity contribution < 1.29 is 13.2 Å². The van der Waals surface area contributed by atoms with Crippen molar-refractivity contribution in [2.45, 2.75) is 50.9 Å². The Balaban J connectivity index is 2.24. The zero-order chi connectivity index (χ0) is 17.3. The van der Waals surface area contributed by atoms with E-state index in [1.165, 1.54) is 18.6 Å². The van der Waals surface area contributed by atoms with Crippen LogP contribution in [0, 0.1) is 0 Å². The van der Waals surface area contributed by atoms with E-state index in [4.69, 9.17) is 0 Å². The second-order valence-corrected chi connectivity index (χ2v) is 16.5. The zero-order valence-corrected chi connectivity index (χ0v) is 18.2. The molecule has 0 aliphatic heterocycles. The van der Waals surface area contributed by atoms with Gasteiger partial charge in [-0.25, -0.2) is 8.42 Å². The topological polar surface area (TPSA) is 63.2 Å². The van der Waals surface area contributed by atoms with Crippen LogP contribution >= 0.6 is 47.8 Å². The van der Waals surface area contributed by atoms with Crippen LogP contribution in [0.3, 0.4) is 0 Å². The fraction of sp³-hybridized carbons (Fsp3) is 0.533. The molecule has 1 aromatic rings. The molecule has 0 radical (unpaired) electrons. The van der Waals surface area contributed by atoms with Gasteiger partial charge in [-0.15, -0.1) is 0 Å². The number of benzene rings is 1. The molecule has 128 valence electrons. The number of carbonyl (C=O) groups is 1. The number of sulfone groups is 1. The van der Waals surface area contributed by atoms with Crippen molar-refractivity contribution in [3.63, 3.8) is 0 Å². The van der Waals surface area contributed by atoms with Gasteiger partial charge in [0.25, 0.3) is 5.91 Å². The molecule has 1 saturated carbocycles. The molecule has 0 aromatic heterocycles. The summed E-state index contributed by atoms with van der Waals surface area (Å²) in [6.45, 7) is 2.05. The zero-order valence-electron chi connectivity index (χ0n) is 12.6. The van der Waals surface area contributed by atoms with E-state index < -0.39 is 11.3 Å². The third-order valence-corrected chi connectivity index (χ3v) is 9.40. The highest BCUT2D eigenvalue weighted by Gasteiger charge is 2.37. The predicted molar refractivity (Wildman–Crippen MR) is 102 cm³/mol. The third kappa shape index (κ3) is 4.58. The van der Waals surface area contributed by atoms with E-state index in [0.717, 1.165) is 25.7 Å². The normalized spacial score (nSPS) is 18.4. The lowest BCUT2D eigenvalue weighted by molar-refractivity contribution is 0.0882. The van der Waals surface area contributed by atoms with E-state index >= 15 is 0 Å². The highest BCUT2D eigenvalue weighted by atomic mass is 80.0. The predicted octanol–water partition coefficient (Wildman–Crippen LogP) is 4.71. The van der Waals surface area contributed by atoms with Crippen LogP contribution in [0.5, 0.6) is 0 Å². The highest BCUT2D eigenvalue weighted by molar-refractivity contribution is 9.42. The molecule has 2 rings (SSSR count). The summed E-state index contributed by atoms with van der Waals surface area (Å²) in [6, 6.07) is 6.06. The van der Waals surface area contributed by atoms with Crippen molar-refractivity contribution >= 4 is 63.5 Å². The molecule has 1 aromatic carbocycles. The second-order valence-electron chi connectivity index (χ2n) is 6.05. The van der Waals surface area contributed by atoms with Crippen molar-refractivity contribution in [3.05, 3.63) is 29.8 Å². The molecule has 1 fully saturated rings. The van der Waals surface area contributed by atoms with Crippen molar-refractivity contribution in [2.75, 3.05) is 0 Å². The number of alkyl halides is 3. The first kappa shape index (κ1) is 19.4. The Bertz CT molecular complexity index is 692. The smallest absolute Gasteiger partial charge is 0.251 e. The van der Waals surface area contributed by atoms with Crippen LogP contribution in [0.1, 0.15) is 49.4 Å². The van der Waals surface area contributed by atoms with Gasteiger partial charge >= 0.3 is 0 Å². The van der Waals surface area contributed by atoms with Crippen LogP contribution in [-0.2, 0) is 9.84 Å². The first-order valence-corrected chi connectivity index (χ1v) is 11.2. The largest absolute Gasteiger partial charge is 0.347 e. The van der Waals surface area contributed by atoms with Gasteiger partial charge in [0.2, 0.25) is 11.3 Å². The molecular weight excluding hydrogens is 514 g/mol. The summed E-state index contributed by atoms with van der Waals surface area (Å²) in [5, 5.41) is 3.06. The van der Waals surface area contributed by atoms with Gasteiger partial charge in [0.15, 0.2) is 0 Å². The van der Waals surface area contributed by atoms with E-state index in [0.29, 0.717) is 5.56 Å². The Hall–Kier alpha value is 0.0800. The molecule has 0 unspecified atom stereocenters. The maximum Gasteiger partial charge on any atom is 0.251 e. The monoisotopic (exact) mass is 529 g/mol. The first-order chi connectivity index (χ1) is 10.6. The van der Waals surface area contributed by atoms with Crippen LogP contribution < -0.4 is 5.32 Å². The van der Waals surface area contributed by atoms with Gasteiger partial charge in [0, 0.05) is 11.1 Å². The SMILES string of the molecule is CC1(NC(=O)c2cccc(S(=O)(=O)C(Br)(Br)Br)c2)CCCCC1. The summed E-state index contributed by atoms with van der Waals surface area (Å²) < 4.78 is 23.4. The lowest BCUT2D eigenvalue weighted by atomic mass is 9.83. The maximum atomic E-state index is 12.5. The summed E-state index contributed by atoms with van der Waals surface area (Å²) in [5.41, 5.74) is 0.128. The Morgan fingerprint density at radius 1 is 1.17 bits per heavy atom. The molecule has 1 N–H and O–H groups in total. The molecule has 0 spiro atoms. The van der Waals surface area contributed by atoms with Crippen molar-refractivity contribution in [1.29, 1.82) is 0 Å². The van der Waals surface area contributed by atoms with Crippen LogP contribution in [0.2, 0.25) is 0 Å². The van der Waals surface area contributed by atoms with Crippen LogP contribution in [-0.4, -0.2) is 21.3 Å². The average molecular weight is 532 g/mol. The summed E-state index contributed by atoms with van der Waals surface area (Å²) in [5.74, 6) is -0.240. The van der Waals surface area contributed by atoms with E-state index in [9.17, 15) is 13.2 Å². The standard InChI is InChI=1S/C15H18Br3NO3S/c1-14(8-3-2-4-9-14)19-13(20)11-6-5-7-12(10-11)23(21,22)15(16,17)18/h5-7,10H,2-4,8-9H2,1H3,(H,19,20). The van der Waals surface area contributed by atoms with Crippen molar-refractivity contribution in [1.82, 2.24) is 5.32 Å². The minimum atomic E-state index is -3.71. The van der Waals surface area contributed by atoms with Crippen LogP contribution in [0.4, 0.5) is 0 Å². The van der Waals surface area contributed by atoms with Crippen molar-refractivity contribution in [3.8, 4) is 0 Å². The third-order valence-electron chi connectivity index (χ3n) is 4.08. The van der Waals surface area contributed by atoms with E-state index in [2.05, 4.69) is 53.1 Å². The van der Waals surface area contributed by atoms with Gasteiger partial charge in [-0.05, 0) is 85.8 Å². The van der Waals surface area contributed by atoms with Crippen LogP contribution in [0.15, 0.2) is 29.2 Å². The van der Waals surface area contributed by atoms with E-state index in [1.807, 2.05) is 6.92 Å². The van der Waals surface area contributed by atoms with Gasteiger partial charge in [-0.3, -0.25) is 4.79 Å². The molecule has 0 atom stereocenters. The van der Waals surface area contributed by atoms with Gasteiger partial charge < -0.3 is 5.32 Å². The lowest BCUT2D eigenvalue weighted by Crippen LogP contribution is -2.47. The molecule has 1 aliphatic rings. The van der Waals surface area contributed by atoms with E-state index in [1.54, 1.807) is 12.1 Å². The number of nitrogens with one attached hydrogen (secondary N) is 1. The van der Waals surface area contributed by atoms with Gasteiger partial charge in [-0.1, -0.05) is 25.3 Å². The molecule has 4 nitrogen and oxygen atoms in total. The minimum absolute atomic E-state index is 0.0598. The Morgan fingerprint density at radius 3 is 2.35 bits per heavy atom. The maximum absolute atomic E-state index is 12.5. The van der Waals surface area contributed by atoms with Gasteiger partial charge in [0.1, 0.15) is 0 Å². The molecule has 1 aliphatic carbocycles. The van der Waals surface area contributed by atoms with Crippen LogP contribution in [0.25, 0.3) is 0 Å². The van der Waals surface area contributed by atoms with Gasteiger partial charge in [0.05, 0.1) is 4.90 Å².